The number of halogens is 3. The summed E-state index contributed by atoms with van der Waals surface area (Å²) < 4.78 is 46.5. The number of hydrogen-bond acceptors (Lipinski definition) is 5. The van der Waals surface area contributed by atoms with Gasteiger partial charge in [0, 0.05) is 17.9 Å². The molecule has 0 aliphatic carbocycles. The third-order valence-corrected chi connectivity index (χ3v) is 6.73. The first-order valence-electron chi connectivity index (χ1n) is 10.1. The van der Waals surface area contributed by atoms with Gasteiger partial charge >= 0.3 is 12.1 Å². The maximum absolute atomic E-state index is 13.8. The van der Waals surface area contributed by atoms with E-state index in [2.05, 4.69) is 0 Å². The van der Waals surface area contributed by atoms with Gasteiger partial charge < -0.3 is 19.8 Å². The van der Waals surface area contributed by atoms with Gasteiger partial charge in [-0.15, -0.1) is 0 Å². The Balaban J connectivity index is 1.76. The zero-order valence-electron chi connectivity index (χ0n) is 17.8. The van der Waals surface area contributed by atoms with Crippen molar-refractivity contribution in [2.24, 2.45) is 5.92 Å². The normalized spacial score (nSPS) is 21.6. The molecule has 3 rings (SSSR count). The van der Waals surface area contributed by atoms with Gasteiger partial charge in [-0.25, -0.2) is 4.79 Å². The monoisotopic (exact) mass is 483 g/mol. The van der Waals surface area contributed by atoms with Crippen molar-refractivity contribution in [1.82, 2.24) is 4.90 Å². The number of likely N-dealkylation sites (tertiary alicyclic amines) is 1. The zero-order chi connectivity index (χ0) is 24.2. The highest BCUT2D eigenvalue weighted by Gasteiger charge is 2.54. The first-order chi connectivity index (χ1) is 15.5. The maximum atomic E-state index is 13.8. The molecule has 1 unspecified atom stereocenters. The third kappa shape index (κ3) is 5.80. The van der Waals surface area contributed by atoms with Crippen molar-refractivity contribution in [3.8, 4) is 5.75 Å². The Labute approximate surface area is 193 Å². The molecule has 1 amide bonds. The lowest BCUT2D eigenvalue weighted by molar-refractivity contribution is -0.186. The quantitative estimate of drug-likeness (QED) is 0.596. The Bertz CT molecular complexity index is 970. The van der Waals surface area contributed by atoms with Crippen LogP contribution in [-0.4, -0.2) is 58.6 Å². The van der Waals surface area contributed by atoms with Crippen LogP contribution < -0.4 is 4.74 Å². The number of β-amino-alcohol motifs (C(OH)–C–C–N with tert-alkyl or cyclic N) is 1. The Morgan fingerprint density at radius 3 is 2.36 bits per heavy atom. The average molecular weight is 484 g/mol. The van der Waals surface area contributed by atoms with Crippen LogP contribution in [0.25, 0.3) is 0 Å². The Morgan fingerprint density at radius 2 is 1.82 bits per heavy atom. The summed E-state index contributed by atoms with van der Waals surface area (Å²) in [6.07, 6.45) is -5.25. The van der Waals surface area contributed by atoms with E-state index >= 15 is 0 Å². The van der Waals surface area contributed by atoms with Crippen LogP contribution in [0.5, 0.6) is 5.75 Å². The number of hydrogen-bond donors (Lipinski definition) is 2. The minimum absolute atomic E-state index is 0.236. The van der Waals surface area contributed by atoms with Crippen LogP contribution in [0.1, 0.15) is 17.5 Å². The highest BCUT2D eigenvalue weighted by atomic mass is 32.2. The van der Waals surface area contributed by atoms with Crippen molar-refractivity contribution in [3.05, 3.63) is 65.7 Å². The Morgan fingerprint density at radius 1 is 1.18 bits per heavy atom. The number of ether oxygens (including phenoxy) is 1. The van der Waals surface area contributed by atoms with Gasteiger partial charge in [0.05, 0.1) is 13.7 Å². The summed E-state index contributed by atoms with van der Waals surface area (Å²) in [5.41, 5.74) is -0.631. The number of aliphatic hydroxyl groups is 1. The molecule has 1 aliphatic rings. The fourth-order valence-corrected chi connectivity index (χ4v) is 4.93. The molecule has 0 bridgehead atoms. The van der Waals surface area contributed by atoms with Gasteiger partial charge in [0.15, 0.2) is 0 Å². The smallest absolute Gasteiger partial charge is 0.401 e. The highest BCUT2D eigenvalue weighted by Crippen LogP contribution is 2.39. The standard InChI is InChI=1S/C23H24F3NO5S/c1-32-17-9-7-15(8-10-17)12-33-13-18(23(24,25)26)20(28)27-14-22(31,11-19(27)21(29)30)16-5-3-2-4-6-16/h2-10,18-19,31H,11-14H2,1H3,(H,29,30)/t18?,19-,22-/m0/s1. The van der Waals surface area contributed by atoms with E-state index in [1.54, 1.807) is 54.6 Å². The second-order valence-electron chi connectivity index (χ2n) is 7.88. The summed E-state index contributed by atoms with van der Waals surface area (Å²) in [4.78, 5) is 25.4. The summed E-state index contributed by atoms with van der Waals surface area (Å²) >= 11 is 0.930. The molecule has 178 valence electrons. The van der Waals surface area contributed by atoms with Crippen molar-refractivity contribution >= 4 is 23.6 Å². The number of carbonyl (C=O) groups is 2. The largest absolute Gasteiger partial charge is 0.497 e. The minimum Gasteiger partial charge on any atom is -0.497 e. The van der Waals surface area contributed by atoms with E-state index in [0.717, 1.165) is 17.3 Å². The average Bonchev–Trinajstić information content (AvgIpc) is 3.16. The number of carbonyl (C=O) groups excluding carboxylic acids is 1. The van der Waals surface area contributed by atoms with Gasteiger partial charge in [-0.05, 0) is 23.3 Å². The molecule has 2 aromatic carbocycles. The van der Waals surface area contributed by atoms with Crippen LogP contribution in [0.2, 0.25) is 0 Å². The molecule has 3 atom stereocenters. The number of carboxylic acid groups (broad SMARTS) is 1. The van der Waals surface area contributed by atoms with Gasteiger partial charge in [0.1, 0.15) is 23.3 Å². The van der Waals surface area contributed by atoms with Crippen LogP contribution in [-0.2, 0) is 20.9 Å². The van der Waals surface area contributed by atoms with E-state index in [9.17, 15) is 33.0 Å². The SMILES string of the molecule is COc1ccc(CSCC(C(=O)N2C[C@](O)(c3ccccc3)C[C@H]2C(=O)O)C(F)(F)F)cc1. The number of carboxylic acids is 1. The van der Waals surface area contributed by atoms with Gasteiger partial charge in [-0.2, -0.15) is 24.9 Å². The lowest BCUT2D eigenvalue weighted by Crippen LogP contribution is -2.48. The predicted molar refractivity (Wildman–Crippen MR) is 117 cm³/mol. The Kier molecular flexibility index (Phi) is 7.58. The van der Waals surface area contributed by atoms with Crippen LogP contribution in [0.4, 0.5) is 13.2 Å². The summed E-state index contributed by atoms with van der Waals surface area (Å²) in [5.74, 6) is -4.90. The summed E-state index contributed by atoms with van der Waals surface area (Å²) in [6.45, 7) is -0.525. The number of thioether (sulfide) groups is 1. The third-order valence-electron chi connectivity index (χ3n) is 5.62. The van der Waals surface area contributed by atoms with E-state index in [1.807, 2.05) is 0 Å². The molecule has 2 N–H and O–H groups in total. The van der Waals surface area contributed by atoms with E-state index in [4.69, 9.17) is 4.74 Å². The first kappa shape index (κ1) is 24.9. The topological polar surface area (TPSA) is 87.1 Å². The molecule has 10 heteroatoms. The zero-order valence-corrected chi connectivity index (χ0v) is 18.6. The van der Waals surface area contributed by atoms with Gasteiger partial charge in [-0.1, -0.05) is 42.5 Å². The maximum Gasteiger partial charge on any atom is 0.401 e. The van der Waals surface area contributed by atoms with Crippen LogP contribution in [0, 0.1) is 5.92 Å². The number of alkyl halides is 3. The summed E-state index contributed by atoms with van der Waals surface area (Å²) in [6, 6.07) is 13.3. The molecular weight excluding hydrogens is 459 g/mol. The molecule has 6 nitrogen and oxygen atoms in total. The van der Waals surface area contributed by atoms with Gasteiger partial charge in [0.25, 0.3) is 0 Å². The van der Waals surface area contributed by atoms with Crippen LogP contribution >= 0.6 is 11.8 Å². The highest BCUT2D eigenvalue weighted by molar-refractivity contribution is 7.98. The molecule has 0 aromatic heterocycles. The van der Waals surface area contributed by atoms with Crippen LogP contribution in [0.15, 0.2) is 54.6 Å². The minimum atomic E-state index is -4.86. The molecule has 1 fully saturated rings. The Hall–Kier alpha value is -2.72. The molecular formula is C23H24F3NO5S. The van der Waals surface area contributed by atoms with Crippen molar-refractivity contribution in [1.29, 1.82) is 0 Å². The molecule has 0 saturated carbocycles. The first-order valence-corrected chi connectivity index (χ1v) is 11.3. The predicted octanol–water partition coefficient (Wildman–Crippen LogP) is 3.68. The number of benzene rings is 2. The molecule has 1 heterocycles. The fraction of sp³-hybridized carbons (Fsp3) is 0.391. The number of methoxy groups -OCH3 is 1. The molecule has 1 aliphatic heterocycles. The van der Waals surface area contributed by atoms with E-state index in [0.29, 0.717) is 16.2 Å². The van der Waals surface area contributed by atoms with Crippen molar-refractivity contribution < 1.29 is 37.7 Å². The van der Waals surface area contributed by atoms with E-state index < -0.39 is 47.9 Å². The van der Waals surface area contributed by atoms with E-state index in [1.165, 1.54) is 7.11 Å². The molecule has 0 radical (unpaired) electrons. The number of rotatable bonds is 8. The van der Waals surface area contributed by atoms with E-state index in [-0.39, 0.29) is 12.2 Å². The molecule has 33 heavy (non-hydrogen) atoms. The van der Waals surface area contributed by atoms with Gasteiger partial charge in [0.2, 0.25) is 5.91 Å². The molecule has 1 saturated heterocycles. The summed E-state index contributed by atoms with van der Waals surface area (Å²) in [5, 5.41) is 20.6. The number of nitrogens with zero attached hydrogens (tertiary/aromatic N) is 1. The number of amides is 1. The second kappa shape index (κ2) is 10.0. The molecule has 0 spiro atoms. The van der Waals surface area contributed by atoms with Crippen molar-refractivity contribution in [3.63, 3.8) is 0 Å². The van der Waals surface area contributed by atoms with Gasteiger partial charge in [-0.3, -0.25) is 4.79 Å². The summed E-state index contributed by atoms with van der Waals surface area (Å²) in [7, 11) is 1.50. The fourth-order valence-electron chi connectivity index (χ4n) is 3.82. The second-order valence-corrected chi connectivity index (χ2v) is 8.91. The lowest BCUT2D eigenvalue weighted by atomic mass is 9.91. The van der Waals surface area contributed by atoms with Crippen molar-refractivity contribution in [2.75, 3.05) is 19.4 Å². The lowest BCUT2D eigenvalue weighted by Gasteiger charge is -2.28. The van der Waals surface area contributed by atoms with Crippen molar-refractivity contribution in [2.45, 2.75) is 30.0 Å². The van der Waals surface area contributed by atoms with Crippen LogP contribution in [0.3, 0.4) is 0 Å². The number of aliphatic carboxylic acids is 1. The molecule has 2 aromatic rings.